The van der Waals surface area contributed by atoms with Gasteiger partial charge in [-0.1, -0.05) is 26.7 Å². The van der Waals surface area contributed by atoms with Gasteiger partial charge in [0.1, 0.15) is 0 Å². The first-order valence-corrected chi connectivity index (χ1v) is 7.79. The molecule has 1 amide bonds. The van der Waals surface area contributed by atoms with Crippen molar-refractivity contribution in [3.05, 3.63) is 0 Å². The van der Waals surface area contributed by atoms with Gasteiger partial charge in [-0.15, -0.1) is 0 Å². The molecule has 19 heavy (non-hydrogen) atoms. The highest BCUT2D eigenvalue weighted by molar-refractivity contribution is 5.79. The summed E-state index contributed by atoms with van der Waals surface area (Å²) in [6.45, 7) is 7.34. The number of ether oxygens (including phenoxy) is 1. The average molecular weight is 268 g/mol. The molecule has 0 radical (unpaired) electrons. The molecule has 4 heteroatoms. The van der Waals surface area contributed by atoms with Gasteiger partial charge in [0.05, 0.1) is 19.1 Å². The highest BCUT2D eigenvalue weighted by Crippen LogP contribution is 2.28. The standard InChI is InChI=1S/C15H28N2O2/c1-3-16-14-10-19-9-13(14)15(18)17-8-12-6-4-5-11(2)7-12/h11-14,16H,3-10H2,1-2H3,(H,17,18). The molecule has 2 aliphatic rings. The van der Waals surface area contributed by atoms with Crippen molar-refractivity contribution in [1.29, 1.82) is 0 Å². The Morgan fingerprint density at radius 1 is 1.32 bits per heavy atom. The summed E-state index contributed by atoms with van der Waals surface area (Å²) in [4.78, 5) is 12.2. The maximum atomic E-state index is 12.2. The Kier molecular flexibility index (Phi) is 5.64. The van der Waals surface area contributed by atoms with E-state index in [4.69, 9.17) is 4.74 Å². The van der Waals surface area contributed by atoms with Crippen LogP contribution in [0.15, 0.2) is 0 Å². The molecule has 1 aliphatic carbocycles. The predicted octanol–water partition coefficient (Wildman–Crippen LogP) is 1.55. The van der Waals surface area contributed by atoms with Crippen molar-refractivity contribution in [1.82, 2.24) is 10.6 Å². The van der Waals surface area contributed by atoms with Crippen LogP contribution in [-0.2, 0) is 9.53 Å². The van der Waals surface area contributed by atoms with Crippen molar-refractivity contribution in [2.45, 2.75) is 45.6 Å². The monoisotopic (exact) mass is 268 g/mol. The molecule has 0 aromatic rings. The Labute approximate surface area is 116 Å². The fraction of sp³-hybridized carbons (Fsp3) is 0.933. The molecule has 1 saturated heterocycles. The minimum atomic E-state index is -0.0130. The van der Waals surface area contributed by atoms with E-state index in [2.05, 4.69) is 24.5 Å². The van der Waals surface area contributed by atoms with Crippen LogP contribution in [-0.4, -0.2) is 38.3 Å². The van der Waals surface area contributed by atoms with Crippen molar-refractivity contribution < 1.29 is 9.53 Å². The van der Waals surface area contributed by atoms with Crippen molar-refractivity contribution in [3.63, 3.8) is 0 Å². The summed E-state index contributed by atoms with van der Waals surface area (Å²) in [6, 6.07) is 0.190. The van der Waals surface area contributed by atoms with Crippen molar-refractivity contribution >= 4 is 5.91 Å². The molecule has 2 rings (SSSR count). The number of rotatable bonds is 5. The maximum absolute atomic E-state index is 12.2. The Morgan fingerprint density at radius 2 is 2.16 bits per heavy atom. The molecule has 4 atom stereocenters. The van der Waals surface area contributed by atoms with E-state index in [9.17, 15) is 4.79 Å². The molecular weight excluding hydrogens is 240 g/mol. The Morgan fingerprint density at radius 3 is 2.89 bits per heavy atom. The fourth-order valence-corrected chi connectivity index (χ4v) is 3.40. The zero-order valence-electron chi connectivity index (χ0n) is 12.3. The fourth-order valence-electron chi connectivity index (χ4n) is 3.40. The quantitative estimate of drug-likeness (QED) is 0.795. The summed E-state index contributed by atoms with van der Waals surface area (Å²) in [7, 11) is 0. The van der Waals surface area contributed by atoms with Crippen LogP contribution in [0.2, 0.25) is 0 Å². The summed E-state index contributed by atoms with van der Waals surface area (Å²) < 4.78 is 5.43. The third-order valence-electron chi connectivity index (χ3n) is 4.49. The maximum Gasteiger partial charge on any atom is 0.227 e. The summed E-state index contributed by atoms with van der Waals surface area (Å²) in [6.07, 6.45) is 5.19. The van der Waals surface area contributed by atoms with Gasteiger partial charge in [0.25, 0.3) is 0 Å². The van der Waals surface area contributed by atoms with E-state index in [1.54, 1.807) is 0 Å². The highest BCUT2D eigenvalue weighted by atomic mass is 16.5. The number of nitrogens with one attached hydrogen (secondary N) is 2. The van der Waals surface area contributed by atoms with E-state index in [0.29, 0.717) is 19.1 Å². The van der Waals surface area contributed by atoms with Gasteiger partial charge in [-0.2, -0.15) is 0 Å². The molecule has 0 spiro atoms. The third kappa shape index (κ3) is 4.18. The second-order valence-corrected chi connectivity index (χ2v) is 6.19. The van der Waals surface area contributed by atoms with Crippen LogP contribution in [0.1, 0.15) is 39.5 Å². The van der Waals surface area contributed by atoms with Gasteiger partial charge in [-0.3, -0.25) is 4.79 Å². The van der Waals surface area contributed by atoms with Crippen molar-refractivity contribution in [2.24, 2.45) is 17.8 Å². The zero-order valence-corrected chi connectivity index (χ0v) is 12.3. The van der Waals surface area contributed by atoms with Crippen molar-refractivity contribution in [2.75, 3.05) is 26.3 Å². The molecule has 0 aromatic carbocycles. The molecular formula is C15H28N2O2. The summed E-state index contributed by atoms with van der Waals surface area (Å²) in [5, 5.41) is 6.48. The van der Waals surface area contributed by atoms with Crippen LogP contribution in [0.4, 0.5) is 0 Å². The normalized spacial score (nSPS) is 35.3. The second-order valence-electron chi connectivity index (χ2n) is 6.19. The van der Waals surface area contributed by atoms with E-state index in [-0.39, 0.29) is 17.9 Å². The largest absolute Gasteiger partial charge is 0.379 e. The van der Waals surface area contributed by atoms with Gasteiger partial charge in [-0.25, -0.2) is 0 Å². The van der Waals surface area contributed by atoms with E-state index < -0.39 is 0 Å². The minimum absolute atomic E-state index is 0.0130. The first-order chi connectivity index (χ1) is 9.20. The lowest BCUT2D eigenvalue weighted by atomic mass is 9.82. The third-order valence-corrected chi connectivity index (χ3v) is 4.49. The lowest BCUT2D eigenvalue weighted by Crippen LogP contribution is -2.45. The Balaban J connectivity index is 1.74. The smallest absolute Gasteiger partial charge is 0.227 e. The first kappa shape index (κ1) is 14.8. The van der Waals surface area contributed by atoms with Gasteiger partial charge in [0.2, 0.25) is 5.91 Å². The summed E-state index contributed by atoms with van der Waals surface area (Å²) >= 11 is 0. The van der Waals surface area contributed by atoms with Crippen LogP contribution in [0.25, 0.3) is 0 Å². The van der Waals surface area contributed by atoms with Crippen LogP contribution in [0.5, 0.6) is 0 Å². The molecule has 4 unspecified atom stereocenters. The lowest BCUT2D eigenvalue weighted by molar-refractivity contribution is -0.125. The number of hydrogen-bond acceptors (Lipinski definition) is 3. The lowest BCUT2D eigenvalue weighted by Gasteiger charge is -2.27. The Hall–Kier alpha value is -0.610. The van der Waals surface area contributed by atoms with Gasteiger partial charge >= 0.3 is 0 Å². The number of carbonyl (C=O) groups is 1. The molecule has 4 nitrogen and oxygen atoms in total. The SMILES string of the molecule is CCNC1COCC1C(=O)NCC1CCCC(C)C1. The molecule has 1 heterocycles. The molecule has 0 aromatic heterocycles. The van der Waals surface area contributed by atoms with E-state index in [0.717, 1.165) is 19.0 Å². The first-order valence-electron chi connectivity index (χ1n) is 7.79. The van der Waals surface area contributed by atoms with E-state index in [1.807, 2.05) is 0 Å². The van der Waals surface area contributed by atoms with Gasteiger partial charge in [0.15, 0.2) is 0 Å². The highest BCUT2D eigenvalue weighted by Gasteiger charge is 2.33. The number of carbonyl (C=O) groups excluding carboxylic acids is 1. The topological polar surface area (TPSA) is 50.4 Å². The van der Waals surface area contributed by atoms with Crippen LogP contribution >= 0.6 is 0 Å². The summed E-state index contributed by atoms with van der Waals surface area (Å²) in [5.41, 5.74) is 0. The second kappa shape index (κ2) is 7.25. The van der Waals surface area contributed by atoms with Gasteiger partial charge in [-0.05, 0) is 31.2 Å². The van der Waals surface area contributed by atoms with E-state index in [1.165, 1.54) is 25.7 Å². The molecule has 0 bridgehead atoms. The zero-order chi connectivity index (χ0) is 13.7. The minimum Gasteiger partial charge on any atom is -0.379 e. The molecule has 110 valence electrons. The van der Waals surface area contributed by atoms with E-state index >= 15 is 0 Å². The van der Waals surface area contributed by atoms with Crippen LogP contribution < -0.4 is 10.6 Å². The van der Waals surface area contributed by atoms with Crippen molar-refractivity contribution in [3.8, 4) is 0 Å². The Bertz CT molecular complexity index is 296. The predicted molar refractivity (Wildman–Crippen MR) is 75.9 cm³/mol. The molecule has 1 saturated carbocycles. The van der Waals surface area contributed by atoms with Gasteiger partial charge in [0, 0.05) is 12.6 Å². The average Bonchev–Trinajstić information content (AvgIpc) is 2.85. The number of amides is 1. The number of likely N-dealkylation sites (N-methyl/N-ethyl adjacent to an activating group) is 1. The molecule has 2 N–H and O–H groups in total. The summed E-state index contributed by atoms with van der Waals surface area (Å²) in [5.74, 6) is 1.65. The molecule has 1 aliphatic heterocycles. The number of hydrogen-bond donors (Lipinski definition) is 2. The van der Waals surface area contributed by atoms with Gasteiger partial charge < -0.3 is 15.4 Å². The molecule has 2 fully saturated rings. The van der Waals surface area contributed by atoms with Crippen LogP contribution in [0, 0.1) is 17.8 Å². The van der Waals surface area contributed by atoms with Crippen LogP contribution in [0.3, 0.4) is 0 Å².